The maximum atomic E-state index is 5.79. The summed E-state index contributed by atoms with van der Waals surface area (Å²) in [5.41, 5.74) is 2.50. The van der Waals surface area contributed by atoms with Gasteiger partial charge in [-0.05, 0) is 36.1 Å². The zero-order valence-electron chi connectivity index (χ0n) is 12.3. The van der Waals surface area contributed by atoms with Crippen LogP contribution in [0.25, 0.3) is 0 Å². The summed E-state index contributed by atoms with van der Waals surface area (Å²) in [6.45, 7) is 1.53. The van der Waals surface area contributed by atoms with Gasteiger partial charge in [-0.1, -0.05) is 30.3 Å². The molecule has 0 atom stereocenters. The molecule has 0 bridgehead atoms. The summed E-state index contributed by atoms with van der Waals surface area (Å²) >= 11 is 0. The van der Waals surface area contributed by atoms with Crippen LogP contribution >= 0.6 is 0 Å². The third-order valence-corrected chi connectivity index (χ3v) is 3.64. The number of hydrogen-bond acceptors (Lipinski definition) is 3. The molecule has 3 rings (SSSR count). The van der Waals surface area contributed by atoms with Gasteiger partial charge in [-0.25, -0.2) is 0 Å². The molecule has 1 saturated carbocycles. The molecule has 1 aliphatic carbocycles. The largest absolute Gasteiger partial charge is 0.497 e. The van der Waals surface area contributed by atoms with Crippen LogP contribution in [-0.4, -0.2) is 13.2 Å². The van der Waals surface area contributed by atoms with Crippen LogP contribution in [0.2, 0.25) is 0 Å². The molecule has 0 saturated heterocycles. The maximum Gasteiger partial charge on any atom is 0.123 e. The molecule has 21 heavy (non-hydrogen) atoms. The lowest BCUT2D eigenvalue weighted by Crippen LogP contribution is -2.15. The van der Waals surface area contributed by atoms with Crippen molar-refractivity contribution in [2.24, 2.45) is 0 Å². The minimum Gasteiger partial charge on any atom is -0.497 e. The highest BCUT2D eigenvalue weighted by atomic mass is 16.5. The summed E-state index contributed by atoms with van der Waals surface area (Å²) in [5, 5.41) is 3.52. The molecule has 0 spiro atoms. The Kier molecular flexibility index (Phi) is 4.41. The Morgan fingerprint density at radius 2 is 1.71 bits per heavy atom. The standard InChI is InChI=1S/C18H21NO2/c1-20-17-3-2-4-18(11-17)21-13-15-7-5-14(6-8-15)12-19-16-9-10-16/h2-8,11,16,19H,9-10,12-13H2,1H3. The molecule has 1 aliphatic rings. The Balaban J connectivity index is 1.52. The first kappa shape index (κ1) is 14.0. The Bertz CT molecular complexity index is 576. The van der Waals surface area contributed by atoms with Crippen molar-refractivity contribution < 1.29 is 9.47 Å². The van der Waals surface area contributed by atoms with Gasteiger partial charge < -0.3 is 14.8 Å². The molecule has 2 aromatic carbocycles. The quantitative estimate of drug-likeness (QED) is 0.843. The Hall–Kier alpha value is -2.00. The van der Waals surface area contributed by atoms with Gasteiger partial charge in [0, 0.05) is 18.7 Å². The average molecular weight is 283 g/mol. The molecule has 0 unspecified atom stereocenters. The zero-order valence-corrected chi connectivity index (χ0v) is 12.3. The second-order valence-electron chi connectivity index (χ2n) is 5.44. The van der Waals surface area contributed by atoms with E-state index in [4.69, 9.17) is 9.47 Å². The lowest BCUT2D eigenvalue weighted by Gasteiger charge is -2.09. The van der Waals surface area contributed by atoms with Crippen molar-refractivity contribution in [2.45, 2.75) is 32.0 Å². The summed E-state index contributed by atoms with van der Waals surface area (Å²) in [5.74, 6) is 1.64. The fraction of sp³-hybridized carbons (Fsp3) is 0.333. The van der Waals surface area contributed by atoms with Crippen molar-refractivity contribution in [1.29, 1.82) is 0 Å². The van der Waals surface area contributed by atoms with Gasteiger partial charge in [0.2, 0.25) is 0 Å². The van der Waals surface area contributed by atoms with E-state index in [0.29, 0.717) is 6.61 Å². The predicted octanol–water partition coefficient (Wildman–Crippen LogP) is 3.53. The number of benzene rings is 2. The monoisotopic (exact) mass is 283 g/mol. The molecular weight excluding hydrogens is 262 g/mol. The van der Waals surface area contributed by atoms with Gasteiger partial charge in [-0.15, -0.1) is 0 Å². The lowest BCUT2D eigenvalue weighted by molar-refractivity contribution is 0.303. The summed E-state index contributed by atoms with van der Waals surface area (Å²) in [4.78, 5) is 0. The van der Waals surface area contributed by atoms with E-state index < -0.39 is 0 Å². The van der Waals surface area contributed by atoms with E-state index in [-0.39, 0.29) is 0 Å². The highest BCUT2D eigenvalue weighted by molar-refractivity contribution is 5.33. The van der Waals surface area contributed by atoms with Crippen LogP contribution in [0.5, 0.6) is 11.5 Å². The Morgan fingerprint density at radius 1 is 1.00 bits per heavy atom. The summed E-state index contributed by atoms with van der Waals surface area (Å²) < 4.78 is 11.0. The highest BCUT2D eigenvalue weighted by Gasteiger charge is 2.19. The van der Waals surface area contributed by atoms with E-state index in [2.05, 4.69) is 29.6 Å². The second kappa shape index (κ2) is 6.64. The Labute approximate surface area is 125 Å². The highest BCUT2D eigenvalue weighted by Crippen LogP contribution is 2.21. The minimum atomic E-state index is 0.573. The first-order chi connectivity index (χ1) is 10.3. The van der Waals surface area contributed by atoms with Crippen molar-refractivity contribution in [3.63, 3.8) is 0 Å². The summed E-state index contributed by atoms with van der Waals surface area (Å²) in [6.07, 6.45) is 2.65. The smallest absolute Gasteiger partial charge is 0.123 e. The summed E-state index contributed by atoms with van der Waals surface area (Å²) in [7, 11) is 1.66. The van der Waals surface area contributed by atoms with Crippen molar-refractivity contribution in [1.82, 2.24) is 5.32 Å². The van der Waals surface area contributed by atoms with Crippen molar-refractivity contribution in [3.05, 3.63) is 59.7 Å². The van der Waals surface area contributed by atoms with Crippen LogP contribution in [0.1, 0.15) is 24.0 Å². The summed E-state index contributed by atoms with van der Waals surface area (Å²) in [6, 6.07) is 17.0. The number of rotatable bonds is 7. The Morgan fingerprint density at radius 3 is 2.43 bits per heavy atom. The molecule has 0 aliphatic heterocycles. The van der Waals surface area contributed by atoms with Gasteiger partial charge in [0.05, 0.1) is 7.11 Å². The van der Waals surface area contributed by atoms with Gasteiger partial charge in [0.15, 0.2) is 0 Å². The predicted molar refractivity (Wildman–Crippen MR) is 83.6 cm³/mol. The number of ether oxygens (including phenoxy) is 2. The van der Waals surface area contributed by atoms with Crippen molar-refractivity contribution >= 4 is 0 Å². The van der Waals surface area contributed by atoms with Gasteiger partial charge in [0.1, 0.15) is 18.1 Å². The second-order valence-corrected chi connectivity index (χ2v) is 5.44. The van der Waals surface area contributed by atoms with Gasteiger partial charge in [0.25, 0.3) is 0 Å². The molecule has 3 heteroatoms. The van der Waals surface area contributed by atoms with Gasteiger partial charge >= 0.3 is 0 Å². The van der Waals surface area contributed by atoms with E-state index >= 15 is 0 Å². The van der Waals surface area contributed by atoms with E-state index in [9.17, 15) is 0 Å². The molecule has 1 fully saturated rings. The molecule has 0 heterocycles. The topological polar surface area (TPSA) is 30.5 Å². The van der Waals surface area contributed by atoms with Crippen molar-refractivity contribution in [3.8, 4) is 11.5 Å². The van der Waals surface area contributed by atoms with Crippen LogP contribution in [0.4, 0.5) is 0 Å². The van der Waals surface area contributed by atoms with Crippen LogP contribution in [0.3, 0.4) is 0 Å². The van der Waals surface area contributed by atoms with Crippen LogP contribution in [0, 0.1) is 0 Å². The third kappa shape index (κ3) is 4.23. The molecule has 3 nitrogen and oxygen atoms in total. The average Bonchev–Trinajstić information content (AvgIpc) is 3.36. The van der Waals surface area contributed by atoms with E-state index in [1.54, 1.807) is 7.11 Å². The first-order valence-electron chi connectivity index (χ1n) is 7.41. The fourth-order valence-electron chi connectivity index (χ4n) is 2.16. The number of nitrogens with one attached hydrogen (secondary N) is 1. The third-order valence-electron chi connectivity index (χ3n) is 3.64. The minimum absolute atomic E-state index is 0.573. The van der Waals surface area contributed by atoms with E-state index in [0.717, 1.165) is 24.1 Å². The molecule has 0 aromatic heterocycles. The van der Waals surface area contributed by atoms with Gasteiger partial charge in [-0.2, -0.15) is 0 Å². The molecule has 0 amide bonds. The molecule has 2 aromatic rings. The zero-order chi connectivity index (χ0) is 14.5. The molecule has 110 valence electrons. The van der Waals surface area contributed by atoms with Crippen LogP contribution in [0.15, 0.2) is 48.5 Å². The number of hydrogen-bond donors (Lipinski definition) is 1. The molecule has 1 N–H and O–H groups in total. The normalized spacial score (nSPS) is 14.0. The van der Waals surface area contributed by atoms with Crippen LogP contribution < -0.4 is 14.8 Å². The molecule has 0 radical (unpaired) electrons. The number of methoxy groups -OCH3 is 1. The van der Waals surface area contributed by atoms with E-state index in [1.165, 1.54) is 24.0 Å². The SMILES string of the molecule is COc1cccc(OCc2ccc(CNC3CC3)cc2)c1. The lowest BCUT2D eigenvalue weighted by atomic mass is 10.1. The van der Waals surface area contributed by atoms with Gasteiger partial charge in [-0.3, -0.25) is 0 Å². The maximum absolute atomic E-state index is 5.79. The fourth-order valence-corrected chi connectivity index (χ4v) is 2.16. The van der Waals surface area contributed by atoms with E-state index in [1.807, 2.05) is 24.3 Å². The molecular formula is C18H21NO2. The van der Waals surface area contributed by atoms with Crippen molar-refractivity contribution in [2.75, 3.05) is 7.11 Å². The van der Waals surface area contributed by atoms with Crippen LogP contribution in [-0.2, 0) is 13.2 Å². The first-order valence-corrected chi connectivity index (χ1v) is 7.41.